The molecule has 5 heteroatoms. The second-order valence-electron chi connectivity index (χ2n) is 2.67. The Hall–Kier alpha value is -0.840. The monoisotopic (exact) mass is 163 g/mol. The molecule has 4 nitrogen and oxygen atoms in total. The van der Waals surface area contributed by atoms with Gasteiger partial charge in [-0.05, 0) is 0 Å². The number of hydrogen-bond acceptors (Lipinski definition) is 2. The van der Waals surface area contributed by atoms with Gasteiger partial charge in [0, 0.05) is 6.42 Å². The van der Waals surface area contributed by atoms with Gasteiger partial charge in [0.05, 0.1) is 19.2 Å². The maximum absolute atomic E-state index is 12.6. The van der Waals surface area contributed by atoms with Crippen molar-refractivity contribution in [2.24, 2.45) is 0 Å². The number of aliphatic hydroxyl groups excluding tert-OH is 1. The van der Waals surface area contributed by atoms with Crippen molar-refractivity contribution in [3.63, 3.8) is 0 Å². The van der Waals surface area contributed by atoms with Crippen molar-refractivity contribution >= 4 is 6.09 Å². The fraction of sp³-hybridized carbons (Fsp3) is 0.833. The summed E-state index contributed by atoms with van der Waals surface area (Å²) in [7, 11) is 0. The Morgan fingerprint density at radius 3 is 2.64 bits per heavy atom. The van der Waals surface area contributed by atoms with Crippen molar-refractivity contribution in [1.82, 2.24) is 4.90 Å². The van der Waals surface area contributed by atoms with Gasteiger partial charge in [0.2, 0.25) is 0 Å². The van der Waals surface area contributed by atoms with Gasteiger partial charge in [0.1, 0.15) is 6.17 Å². The minimum Gasteiger partial charge on any atom is -0.465 e. The maximum Gasteiger partial charge on any atom is 0.407 e. The molecule has 11 heavy (non-hydrogen) atoms. The molecule has 1 aliphatic rings. The van der Waals surface area contributed by atoms with Crippen molar-refractivity contribution in [3.05, 3.63) is 0 Å². The molecule has 0 bridgehead atoms. The molecule has 2 N–H and O–H groups in total. The van der Waals surface area contributed by atoms with Gasteiger partial charge < -0.3 is 15.1 Å². The van der Waals surface area contributed by atoms with Crippen LogP contribution in [0.1, 0.15) is 6.42 Å². The van der Waals surface area contributed by atoms with E-state index in [1.165, 1.54) is 0 Å². The van der Waals surface area contributed by atoms with Crippen LogP contribution >= 0.6 is 0 Å². The van der Waals surface area contributed by atoms with Gasteiger partial charge in [-0.15, -0.1) is 0 Å². The average molecular weight is 163 g/mol. The lowest BCUT2D eigenvalue weighted by Gasteiger charge is -2.29. The maximum atomic E-state index is 12.6. The summed E-state index contributed by atoms with van der Waals surface area (Å²) in [6.45, 7) is -0.0951. The van der Waals surface area contributed by atoms with Crippen LogP contribution in [-0.2, 0) is 0 Å². The van der Waals surface area contributed by atoms with Crippen LogP contribution in [0, 0.1) is 0 Å². The van der Waals surface area contributed by atoms with E-state index in [4.69, 9.17) is 10.2 Å². The Labute approximate surface area is 63.2 Å². The quantitative estimate of drug-likeness (QED) is 0.531. The smallest absolute Gasteiger partial charge is 0.407 e. The molecule has 0 radical (unpaired) electrons. The first-order valence-electron chi connectivity index (χ1n) is 3.39. The number of piperidine rings is 1. The number of amides is 1. The molecule has 0 spiro atoms. The number of hydrogen-bond donors (Lipinski definition) is 2. The summed E-state index contributed by atoms with van der Waals surface area (Å²) in [5, 5.41) is 17.4. The molecule has 2 atom stereocenters. The summed E-state index contributed by atoms with van der Waals surface area (Å²) in [6, 6.07) is 0. The normalized spacial score (nSPS) is 32.0. The molecular weight excluding hydrogens is 153 g/mol. The number of carboxylic acid groups (broad SMARTS) is 1. The third-order valence-corrected chi connectivity index (χ3v) is 1.65. The zero-order valence-corrected chi connectivity index (χ0v) is 5.90. The molecule has 1 amide bonds. The molecular formula is C6H10FNO3. The zero-order valence-electron chi connectivity index (χ0n) is 5.90. The zero-order chi connectivity index (χ0) is 8.43. The Bertz CT molecular complexity index is 154. The van der Waals surface area contributed by atoms with Crippen LogP contribution in [0.15, 0.2) is 0 Å². The second kappa shape index (κ2) is 3.04. The molecule has 0 aromatic heterocycles. The van der Waals surface area contributed by atoms with Crippen molar-refractivity contribution in [2.75, 3.05) is 13.1 Å². The van der Waals surface area contributed by atoms with Gasteiger partial charge in [0.15, 0.2) is 0 Å². The number of likely N-dealkylation sites (tertiary alicyclic amines) is 1. The van der Waals surface area contributed by atoms with Crippen LogP contribution < -0.4 is 0 Å². The summed E-state index contributed by atoms with van der Waals surface area (Å²) in [4.78, 5) is 11.2. The molecule has 0 aromatic rings. The number of alkyl halides is 1. The van der Waals surface area contributed by atoms with E-state index in [1.54, 1.807) is 0 Å². The molecule has 64 valence electrons. The Kier molecular flexibility index (Phi) is 2.28. The lowest BCUT2D eigenvalue weighted by molar-refractivity contribution is 0.0288. The predicted octanol–water partition coefficient (Wildman–Crippen LogP) is 0.0691. The Morgan fingerprint density at radius 2 is 2.18 bits per heavy atom. The van der Waals surface area contributed by atoms with Crippen LogP contribution in [0.5, 0.6) is 0 Å². The van der Waals surface area contributed by atoms with Crippen LogP contribution in [-0.4, -0.2) is 46.6 Å². The molecule has 1 rings (SSSR count). The summed E-state index contributed by atoms with van der Waals surface area (Å²) in [5.74, 6) is 0. The number of aliphatic hydroxyl groups is 1. The fourth-order valence-corrected chi connectivity index (χ4v) is 1.17. The summed E-state index contributed by atoms with van der Waals surface area (Å²) in [6.07, 6.45) is -3.21. The topological polar surface area (TPSA) is 60.8 Å². The van der Waals surface area contributed by atoms with E-state index in [9.17, 15) is 9.18 Å². The minimum absolute atomic E-state index is 0.0236. The average Bonchev–Trinajstić information content (AvgIpc) is 1.85. The molecule has 0 aromatic carbocycles. The van der Waals surface area contributed by atoms with Crippen molar-refractivity contribution in [1.29, 1.82) is 0 Å². The van der Waals surface area contributed by atoms with E-state index in [1.807, 2.05) is 0 Å². The lowest BCUT2D eigenvalue weighted by Crippen LogP contribution is -2.46. The standard InChI is InChI=1S/C6H10FNO3/c7-4-1-5(9)3-8(2-4)6(10)11/h4-5,9H,1-3H2,(H,10,11)/t4?,5-/m1/s1. The number of carbonyl (C=O) groups is 1. The molecule has 1 unspecified atom stereocenters. The third-order valence-electron chi connectivity index (χ3n) is 1.65. The van der Waals surface area contributed by atoms with Gasteiger partial charge in [-0.3, -0.25) is 0 Å². The third kappa shape index (κ3) is 2.04. The van der Waals surface area contributed by atoms with Crippen molar-refractivity contribution in [3.8, 4) is 0 Å². The first-order chi connectivity index (χ1) is 5.09. The highest BCUT2D eigenvalue weighted by Crippen LogP contribution is 2.13. The number of nitrogens with zero attached hydrogens (tertiary/aromatic N) is 1. The summed E-state index contributed by atoms with van der Waals surface area (Å²) < 4.78 is 12.6. The van der Waals surface area contributed by atoms with Crippen molar-refractivity contribution < 1.29 is 19.4 Å². The largest absolute Gasteiger partial charge is 0.465 e. The summed E-state index contributed by atoms with van der Waals surface area (Å²) in [5.41, 5.74) is 0. The number of rotatable bonds is 0. The van der Waals surface area contributed by atoms with Gasteiger partial charge in [-0.1, -0.05) is 0 Å². The van der Waals surface area contributed by atoms with Crippen LogP contribution in [0.25, 0.3) is 0 Å². The Morgan fingerprint density at radius 1 is 1.55 bits per heavy atom. The van der Waals surface area contributed by atoms with E-state index >= 15 is 0 Å². The lowest BCUT2D eigenvalue weighted by atomic mass is 10.1. The van der Waals surface area contributed by atoms with E-state index in [2.05, 4.69) is 0 Å². The highest BCUT2D eigenvalue weighted by atomic mass is 19.1. The Balaban J connectivity index is 2.49. The molecule has 1 heterocycles. The van der Waals surface area contributed by atoms with Gasteiger partial charge in [0.25, 0.3) is 0 Å². The van der Waals surface area contributed by atoms with E-state index in [0.717, 1.165) is 4.90 Å². The molecule has 1 fully saturated rings. The number of halogens is 1. The first-order valence-corrected chi connectivity index (χ1v) is 3.39. The van der Waals surface area contributed by atoms with Crippen LogP contribution in [0.4, 0.5) is 9.18 Å². The molecule has 0 aliphatic carbocycles. The minimum atomic E-state index is -1.23. The molecule has 1 saturated heterocycles. The van der Waals surface area contributed by atoms with Gasteiger partial charge in [-0.2, -0.15) is 0 Å². The highest BCUT2D eigenvalue weighted by molar-refractivity contribution is 5.65. The molecule has 0 saturated carbocycles. The number of β-amino-alcohol motifs (C(OH)–C–C–N with tert-alkyl or cyclic N) is 1. The van der Waals surface area contributed by atoms with Crippen molar-refractivity contribution in [2.45, 2.75) is 18.7 Å². The highest BCUT2D eigenvalue weighted by Gasteiger charge is 2.28. The second-order valence-corrected chi connectivity index (χ2v) is 2.67. The van der Waals surface area contributed by atoms with E-state index < -0.39 is 18.4 Å². The first kappa shape index (κ1) is 8.26. The van der Waals surface area contributed by atoms with E-state index in [-0.39, 0.29) is 19.5 Å². The van der Waals surface area contributed by atoms with Crippen LogP contribution in [0.2, 0.25) is 0 Å². The van der Waals surface area contributed by atoms with E-state index in [0.29, 0.717) is 0 Å². The predicted molar refractivity (Wildman–Crippen MR) is 35.1 cm³/mol. The molecule has 1 aliphatic heterocycles. The van der Waals surface area contributed by atoms with Gasteiger partial charge >= 0.3 is 6.09 Å². The SMILES string of the molecule is O=C(O)N1CC(F)C[C@@H](O)C1. The fourth-order valence-electron chi connectivity index (χ4n) is 1.17. The van der Waals surface area contributed by atoms with Gasteiger partial charge in [-0.25, -0.2) is 9.18 Å². The summed E-state index contributed by atoms with van der Waals surface area (Å²) >= 11 is 0. The van der Waals surface area contributed by atoms with Crippen LogP contribution in [0.3, 0.4) is 0 Å².